The lowest BCUT2D eigenvalue weighted by Crippen LogP contribution is -2.41. The molecular formula is C24H48N2O3S. The van der Waals surface area contributed by atoms with Crippen LogP contribution < -0.4 is 11.1 Å². The maximum atomic E-state index is 11.9. The number of carboxylic acid groups (broad SMARTS) is 1. The third-order valence-electron chi connectivity index (χ3n) is 5.60. The summed E-state index contributed by atoms with van der Waals surface area (Å²) in [5, 5.41) is 11.8. The molecule has 0 aromatic rings. The molecule has 0 aromatic carbocycles. The summed E-state index contributed by atoms with van der Waals surface area (Å²) in [5.41, 5.74) is 5.50. The molecule has 0 fully saturated rings. The van der Waals surface area contributed by atoms with Gasteiger partial charge in [0, 0.05) is 6.42 Å². The Morgan fingerprint density at radius 2 is 1.17 bits per heavy atom. The Morgan fingerprint density at radius 1 is 0.767 bits per heavy atom. The van der Waals surface area contributed by atoms with Gasteiger partial charge >= 0.3 is 5.97 Å². The first-order chi connectivity index (χ1) is 14.6. The van der Waals surface area contributed by atoms with Crippen molar-refractivity contribution in [3.8, 4) is 0 Å². The van der Waals surface area contributed by atoms with Crippen molar-refractivity contribution in [1.82, 2.24) is 5.32 Å². The molecule has 0 aliphatic rings. The summed E-state index contributed by atoms with van der Waals surface area (Å²) >= 11 is 1.60. The summed E-state index contributed by atoms with van der Waals surface area (Å²) < 4.78 is 0. The van der Waals surface area contributed by atoms with Crippen molar-refractivity contribution in [1.29, 1.82) is 0 Å². The SMILES string of the molecule is CSCCC(NC(=O)CCCCCCCCCCCCCCCCCCN)C(=O)O. The summed E-state index contributed by atoms with van der Waals surface area (Å²) in [6.07, 6.45) is 23.3. The molecule has 0 radical (unpaired) electrons. The molecule has 1 unspecified atom stereocenters. The molecule has 1 amide bonds. The van der Waals surface area contributed by atoms with Crippen molar-refractivity contribution in [3.05, 3.63) is 0 Å². The largest absolute Gasteiger partial charge is 0.480 e. The van der Waals surface area contributed by atoms with Gasteiger partial charge in [0.2, 0.25) is 5.91 Å². The van der Waals surface area contributed by atoms with E-state index in [1.807, 2.05) is 6.26 Å². The van der Waals surface area contributed by atoms with Gasteiger partial charge in [-0.2, -0.15) is 11.8 Å². The highest BCUT2D eigenvalue weighted by atomic mass is 32.2. The summed E-state index contributed by atoms with van der Waals surface area (Å²) in [6.45, 7) is 0.838. The lowest BCUT2D eigenvalue weighted by Gasteiger charge is -2.13. The van der Waals surface area contributed by atoms with Crippen molar-refractivity contribution in [2.75, 3.05) is 18.6 Å². The third-order valence-corrected chi connectivity index (χ3v) is 6.25. The molecule has 0 spiro atoms. The molecule has 0 bridgehead atoms. The first-order valence-electron chi connectivity index (χ1n) is 12.3. The van der Waals surface area contributed by atoms with E-state index >= 15 is 0 Å². The number of unbranched alkanes of at least 4 members (excludes halogenated alkanes) is 15. The van der Waals surface area contributed by atoms with E-state index in [9.17, 15) is 9.59 Å². The molecule has 0 aromatic heterocycles. The van der Waals surface area contributed by atoms with E-state index in [4.69, 9.17) is 10.8 Å². The minimum absolute atomic E-state index is 0.126. The average Bonchev–Trinajstić information content (AvgIpc) is 2.73. The Kier molecular flexibility index (Phi) is 22.4. The number of nitrogens with one attached hydrogen (secondary N) is 1. The Morgan fingerprint density at radius 3 is 1.53 bits per heavy atom. The van der Waals surface area contributed by atoms with Gasteiger partial charge < -0.3 is 16.2 Å². The number of aliphatic carboxylic acids is 1. The molecule has 5 nitrogen and oxygen atoms in total. The van der Waals surface area contributed by atoms with E-state index in [2.05, 4.69) is 5.32 Å². The number of carbonyl (C=O) groups excluding carboxylic acids is 1. The van der Waals surface area contributed by atoms with E-state index in [-0.39, 0.29) is 5.91 Å². The van der Waals surface area contributed by atoms with Crippen LogP contribution in [0.3, 0.4) is 0 Å². The predicted octanol–water partition coefficient (Wildman–Crippen LogP) is 5.90. The number of carboxylic acids is 1. The predicted molar refractivity (Wildman–Crippen MR) is 130 cm³/mol. The minimum atomic E-state index is -0.935. The quantitative estimate of drug-likeness (QED) is 0.171. The zero-order chi connectivity index (χ0) is 22.3. The van der Waals surface area contributed by atoms with Crippen molar-refractivity contribution >= 4 is 23.6 Å². The molecule has 30 heavy (non-hydrogen) atoms. The summed E-state index contributed by atoms with van der Waals surface area (Å²) in [7, 11) is 0. The van der Waals surface area contributed by atoms with Crippen molar-refractivity contribution < 1.29 is 14.7 Å². The Balaban J connectivity index is 3.34. The van der Waals surface area contributed by atoms with E-state index in [1.165, 1.54) is 89.9 Å². The zero-order valence-electron chi connectivity index (χ0n) is 19.5. The van der Waals surface area contributed by atoms with Gasteiger partial charge in [0.25, 0.3) is 0 Å². The molecule has 0 saturated carbocycles. The Bertz CT molecular complexity index is 408. The van der Waals surface area contributed by atoms with E-state index in [1.54, 1.807) is 11.8 Å². The summed E-state index contributed by atoms with van der Waals surface area (Å²) in [5.74, 6) is -0.317. The molecule has 0 rings (SSSR count). The monoisotopic (exact) mass is 444 g/mol. The number of hydrogen-bond acceptors (Lipinski definition) is 4. The van der Waals surface area contributed by atoms with E-state index < -0.39 is 12.0 Å². The minimum Gasteiger partial charge on any atom is -0.480 e. The second-order valence-corrected chi connectivity index (χ2v) is 9.42. The normalized spacial score (nSPS) is 12.1. The topological polar surface area (TPSA) is 92.4 Å². The first-order valence-corrected chi connectivity index (χ1v) is 13.7. The number of hydrogen-bond donors (Lipinski definition) is 3. The third kappa shape index (κ3) is 20.5. The fraction of sp³-hybridized carbons (Fsp3) is 0.917. The van der Waals surface area contributed by atoms with Gasteiger partial charge in [-0.15, -0.1) is 0 Å². The van der Waals surface area contributed by atoms with Crippen LogP contribution >= 0.6 is 11.8 Å². The van der Waals surface area contributed by atoms with Gasteiger partial charge in [0.1, 0.15) is 6.04 Å². The molecule has 0 aliphatic carbocycles. The molecule has 178 valence electrons. The molecule has 0 aliphatic heterocycles. The van der Waals surface area contributed by atoms with Crippen molar-refractivity contribution in [2.45, 2.75) is 122 Å². The van der Waals surface area contributed by atoms with E-state index in [0.717, 1.165) is 25.1 Å². The van der Waals surface area contributed by atoms with Crippen molar-refractivity contribution in [2.24, 2.45) is 5.73 Å². The Labute approximate surface area is 189 Å². The zero-order valence-corrected chi connectivity index (χ0v) is 20.3. The number of rotatable bonds is 23. The number of nitrogens with two attached hydrogens (primary N) is 1. The van der Waals surface area contributed by atoms with Gasteiger partial charge in [0.05, 0.1) is 0 Å². The summed E-state index contributed by atoms with van der Waals surface area (Å²) in [4.78, 5) is 23.0. The lowest BCUT2D eigenvalue weighted by atomic mass is 10.0. The highest BCUT2D eigenvalue weighted by molar-refractivity contribution is 7.98. The van der Waals surface area contributed by atoms with Crippen LogP contribution in [0, 0.1) is 0 Å². The average molecular weight is 445 g/mol. The van der Waals surface area contributed by atoms with Crippen LogP contribution in [-0.2, 0) is 9.59 Å². The highest BCUT2D eigenvalue weighted by Gasteiger charge is 2.18. The highest BCUT2D eigenvalue weighted by Crippen LogP contribution is 2.14. The van der Waals surface area contributed by atoms with Crippen LogP contribution in [-0.4, -0.2) is 41.6 Å². The van der Waals surface area contributed by atoms with Gasteiger partial charge in [-0.1, -0.05) is 89.9 Å². The molecular weight excluding hydrogens is 396 g/mol. The van der Waals surface area contributed by atoms with Gasteiger partial charge in [-0.3, -0.25) is 4.79 Å². The fourth-order valence-corrected chi connectivity index (χ4v) is 4.14. The second-order valence-electron chi connectivity index (χ2n) is 8.44. The first kappa shape index (κ1) is 29.2. The maximum absolute atomic E-state index is 11.9. The maximum Gasteiger partial charge on any atom is 0.326 e. The standard InChI is InChI=1S/C24H48N2O3S/c1-30-21-19-22(24(28)29)26-23(27)18-16-14-12-10-8-6-4-2-3-5-7-9-11-13-15-17-20-25/h22H,2-21,25H2,1H3,(H,26,27)(H,28,29). The van der Waals surface area contributed by atoms with E-state index in [0.29, 0.717) is 12.8 Å². The second kappa shape index (κ2) is 22.9. The van der Waals surface area contributed by atoms with Crippen LogP contribution in [0.15, 0.2) is 0 Å². The fourth-order valence-electron chi connectivity index (χ4n) is 3.66. The molecule has 0 saturated heterocycles. The van der Waals surface area contributed by atoms with Crippen LogP contribution in [0.2, 0.25) is 0 Å². The summed E-state index contributed by atoms with van der Waals surface area (Å²) in [6, 6.07) is -0.744. The van der Waals surface area contributed by atoms with Crippen LogP contribution in [0.25, 0.3) is 0 Å². The molecule has 1 atom stereocenters. The van der Waals surface area contributed by atoms with Gasteiger partial charge in [0.15, 0.2) is 0 Å². The molecule has 6 heteroatoms. The van der Waals surface area contributed by atoms with Crippen LogP contribution in [0.4, 0.5) is 0 Å². The van der Waals surface area contributed by atoms with Gasteiger partial charge in [-0.25, -0.2) is 4.79 Å². The Hall–Kier alpha value is -0.750. The van der Waals surface area contributed by atoms with Crippen LogP contribution in [0.5, 0.6) is 0 Å². The lowest BCUT2D eigenvalue weighted by molar-refractivity contribution is -0.141. The van der Waals surface area contributed by atoms with Gasteiger partial charge in [-0.05, 0) is 37.8 Å². The smallest absolute Gasteiger partial charge is 0.326 e. The van der Waals surface area contributed by atoms with Crippen LogP contribution in [0.1, 0.15) is 116 Å². The van der Waals surface area contributed by atoms with Crippen molar-refractivity contribution in [3.63, 3.8) is 0 Å². The molecule has 4 N–H and O–H groups in total. The number of thioether (sulfide) groups is 1. The number of carbonyl (C=O) groups is 2. The number of amides is 1. The molecule has 0 heterocycles.